The van der Waals surface area contributed by atoms with Gasteiger partial charge in [-0.3, -0.25) is 4.79 Å². The molecule has 0 aliphatic rings. The van der Waals surface area contributed by atoms with Crippen molar-refractivity contribution in [3.63, 3.8) is 0 Å². The summed E-state index contributed by atoms with van der Waals surface area (Å²) in [6.07, 6.45) is 0. The van der Waals surface area contributed by atoms with Gasteiger partial charge in [0.2, 0.25) is 10.0 Å². The van der Waals surface area contributed by atoms with E-state index in [0.29, 0.717) is 11.1 Å². The number of rotatable bonds is 5. The van der Waals surface area contributed by atoms with Crippen LogP contribution in [0.25, 0.3) is 0 Å². The quantitative estimate of drug-likeness (QED) is 0.787. The van der Waals surface area contributed by atoms with Crippen molar-refractivity contribution >= 4 is 15.8 Å². The molecule has 2 rings (SSSR count). The van der Waals surface area contributed by atoms with E-state index in [9.17, 15) is 17.6 Å². The van der Waals surface area contributed by atoms with Gasteiger partial charge in [0, 0.05) is 18.7 Å². The van der Waals surface area contributed by atoms with E-state index in [2.05, 4.69) is 0 Å². The van der Waals surface area contributed by atoms with Crippen LogP contribution in [0.1, 0.15) is 35.8 Å². The molecule has 4 nitrogen and oxygen atoms in total. The molecule has 0 saturated heterocycles. The Morgan fingerprint density at radius 2 is 1.57 bits per heavy atom. The molecule has 0 radical (unpaired) electrons. The molecule has 0 fully saturated rings. The van der Waals surface area contributed by atoms with Crippen LogP contribution < -0.4 is 0 Å². The van der Waals surface area contributed by atoms with E-state index in [-0.39, 0.29) is 16.5 Å². The maximum Gasteiger partial charge on any atom is 0.243 e. The number of benzene rings is 2. The summed E-state index contributed by atoms with van der Waals surface area (Å²) in [5.41, 5.74) is 1.15. The number of ketones is 1. The smallest absolute Gasteiger partial charge is 0.243 e. The van der Waals surface area contributed by atoms with Crippen LogP contribution >= 0.6 is 0 Å². The molecule has 6 heteroatoms. The molecule has 0 aliphatic heterocycles. The van der Waals surface area contributed by atoms with Gasteiger partial charge in [-0.05, 0) is 43.7 Å². The largest absolute Gasteiger partial charge is 0.295 e. The molecule has 0 aromatic heterocycles. The van der Waals surface area contributed by atoms with Gasteiger partial charge in [0.25, 0.3) is 0 Å². The summed E-state index contributed by atoms with van der Waals surface area (Å²) in [5.74, 6) is -0.492. The van der Waals surface area contributed by atoms with Crippen molar-refractivity contribution in [3.8, 4) is 0 Å². The van der Waals surface area contributed by atoms with E-state index in [4.69, 9.17) is 0 Å². The van der Waals surface area contributed by atoms with Gasteiger partial charge in [-0.1, -0.05) is 24.3 Å². The standard InChI is InChI=1S/C17H18FNO3S/c1-12(14-4-8-16(18)9-5-14)19(3)23(21,22)17-10-6-15(7-11-17)13(2)20/h4-12H,1-3H3. The molecule has 0 bridgehead atoms. The van der Waals surface area contributed by atoms with Gasteiger partial charge in [0.05, 0.1) is 4.90 Å². The van der Waals surface area contributed by atoms with Gasteiger partial charge in [-0.2, -0.15) is 4.31 Å². The number of hydrogen-bond donors (Lipinski definition) is 0. The molecular weight excluding hydrogens is 317 g/mol. The molecule has 122 valence electrons. The van der Waals surface area contributed by atoms with Crippen LogP contribution in [0.3, 0.4) is 0 Å². The summed E-state index contributed by atoms with van der Waals surface area (Å²) in [5, 5.41) is 0. The van der Waals surface area contributed by atoms with Crippen molar-refractivity contribution in [1.82, 2.24) is 4.31 Å². The summed E-state index contributed by atoms with van der Waals surface area (Å²) in [6, 6.07) is 11.1. The maximum absolute atomic E-state index is 13.0. The average Bonchev–Trinajstić information content (AvgIpc) is 2.54. The number of carbonyl (C=O) groups excluding carboxylic acids is 1. The molecule has 0 heterocycles. The molecular formula is C17H18FNO3S. The molecule has 2 aromatic carbocycles. The van der Waals surface area contributed by atoms with Crippen molar-refractivity contribution < 1.29 is 17.6 Å². The highest BCUT2D eigenvalue weighted by Gasteiger charge is 2.26. The van der Waals surface area contributed by atoms with Crippen molar-refractivity contribution in [2.24, 2.45) is 0 Å². The lowest BCUT2D eigenvalue weighted by Crippen LogP contribution is -2.29. The van der Waals surface area contributed by atoms with E-state index >= 15 is 0 Å². The van der Waals surface area contributed by atoms with E-state index in [1.165, 1.54) is 54.7 Å². The summed E-state index contributed by atoms with van der Waals surface area (Å²) in [4.78, 5) is 11.4. The van der Waals surface area contributed by atoms with Gasteiger partial charge in [-0.15, -0.1) is 0 Å². The van der Waals surface area contributed by atoms with E-state index in [0.717, 1.165) is 0 Å². The van der Waals surface area contributed by atoms with E-state index < -0.39 is 16.1 Å². The fourth-order valence-electron chi connectivity index (χ4n) is 2.19. The first-order valence-electron chi connectivity index (χ1n) is 7.08. The fraction of sp³-hybridized carbons (Fsp3) is 0.235. The number of nitrogens with zero attached hydrogens (tertiary/aromatic N) is 1. The summed E-state index contributed by atoms with van der Waals surface area (Å²) >= 11 is 0. The molecule has 0 amide bonds. The van der Waals surface area contributed by atoms with Crippen molar-refractivity contribution in [3.05, 3.63) is 65.5 Å². The van der Waals surface area contributed by atoms with Crippen LogP contribution in [0.5, 0.6) is 0 Å². The number of halogens is 1. The second-order valence-electron chi connectivity index (χ2n) is 5.33. The predicted molar refractivity (Wildman–Crippen MR) is 86.2 cm³/mol. The topological polar surface area (TPSA) is 54.5 Å². The highest BCUT2D eigenvalue weighted by atomic mass is 32.2. The van der Waals surface area contributed by atoms with Crippen molar-refractivity contribution in [2.75, 3.05) is 7.05 Å². The highest BCUT2D eigenvalue weighted by Crippen LogP contribution is 2.26. The monoisotopic (exact) mass is 335 g/mol. The van der Waals surface area contributed by atoms with Crippen LogP contribution in [0, 0.1) is 5.82 Å². The third-order valence-corrected chi connectivity index (χ3v) is 5.78. The van der Waals surface area contributed by atoms with Crippen molar-refractivity contribution in [1.29, 1.82) is 0 Å². The van der Waals surface area contributed by atoms with Gasteiger partial charge in [0.1, 0.15) is 5.82 Å². The highest BCUT2D eigenvalue weighted by molar-refractivity contribution is 7.89. The first-order chi connectivity index (χ1) is 10.7. The van der Waals surface area contributed by atoms with Gasteiger partial charge < -0.3 is 0 Å². The lowest BCUT2D eigenvalue weighted by Gasteiger charge is -2.24. The zero-order valence-corrected chi connectivity index (χ0v) is 14.0. The van der Waals surface area contributed by atoms with Crippen molar-refractivity contribution in [2.45, 2.75) is 24.8 Å². The third kappa shape index (κ3) is 3.65. The summed E-state index contributed by atoms with van der Waals surface area (Å²) < 4.78 is 39.5. The van der Waals surface area contributed by atoms with Crippen LogP contribution in [0.15, 0.2) is 53.4 Å². The Labute approximate surface area is 135 Å². The third-order valence-electron chi connectivity index (χ3n) is 3.84. The van der Waals surface area contributed by atoms with E-state index in [1.54, 1.807) is 19.1 Å². The zero-order chi connectivity index (χ0) is 17.2. The fourth-order valence-corrected chi connectivity index (χ4v) is 3.54. The Balaban J connectivity index is 2.30. The predicted octanol–water partition coefficient (Wildman–Crippen LogP) is 3.41. The molecule has 0 aliphatic carbocycles. The van der Waals surface area contributed by atoms with Gasteiger partial charge in [0.15, 0.2) is 5.78 Å². The Bertz CT molecular complexity index is 799. The number of sulfonamides is 1. The Morgan fingerprint density at radius 1 is 1.04 bits per heavy atom. The SMILES string of the molecule is CC(=O)c1ccc(S(=O)(=O)N(C)C(C)c2ccc(F)cc2)cc1. The molecule has 0 saturated carbocycles. The van der Waals surface area contributed by atoms with Gasteiger partial charge >= 0.3 is 0 Å². The first kappa shape index (κ1) is 17.3. The Hall–Kier alpha value is -2.05. The molecule has 2 aromatic rings. The first-order valence-corrected chi connectivity index (χ1v) is 8.52. The van der Waals surface area contributed by atoms with Crippen LogP contribution in [-0.4, -0.2) is 25.6 Å². The lowest BCUT2D eigenvalue weighted by molar-refractivity contribution is 0.101. The molecule has 1 atom stereocenters. The van der Waals surface area contributed by atoms with Crippen LogP contribution in [0.2, 0.25) is 0 Å². The minimum absolute atomic E-state index is 0.110. The lowest BCUT2D eigenvalue weighted by atomic mass is 10.1. The number of Topliss-reactive ketones (excluding diaryl/α,β-unsaturated/α-hetero) is 1. The summed E-state index contributed by atoms with van der Waals surface area (Å²) in [6.45, 7) is 3.15. The minimum Gasteiger partial charge on any atom is -0.295 e. The number of hydrogen-bond acceptors (Lipinski definition) is 3. The van der Waals surface area contributed by atoms with Crippen LogP contribution in [0.4, 0.5) is 4.39 Å². The van der Waals surface area contributed by atoms with Gasteiger partial charge in [-0.25, -0.2) is 12.8 Å². The van der Waals surface area contributed by atoms with Crippen LogP contribution in [-0.2, 0) is 10.0 Å². The molecule has 1 unspecified atom stereocenters. The summed E-state index contributed by atoms with van der Waals surface area (Å²) in [7, 11) is -2.24. The Kier molecular flexibility index (Phi) is 4.97. The Morgan fingerprint density at radius 3 is 2.04 bits per heavy atom. The zero-order valence-electron chi connectivity index (χ0n) is 13.2. The molecule has 0 spiro atoms. The normalized spacial score (nSPS) is 13.1. The maximum atomic E-state index is 13.0. The second-order valence-corrected chi connectivity index (χ2v) is 7.33. The molecule has 0 N–H and O–H groups in total. The average molecular weight is 335 g/mol. The minimum atomic E-state index is -3.71. The number of carbonyl (C=O) groups is 1. The van der Waals surface area contributed by atoms with E-state index in [1.807, 2.05) is 0 Å². The second kappa shape index (κ2) is 6.60. The molecule has 23 heavy (non-hydrogen) atoms.